The first kappa shape index (κ1) is 13.2. The van der Waals surface area contributed by atoms with E-state index in [4.69, 9.17) is 0 Å². The van der Waals surface area contributed by atoms with Crippen molar-refractivity contribution in [2.75, 3.05) is 0 Å². The summed E-state index contributed by atoms with van der Waals surface area (Å²) in [5.41, 5.74) is 2.72. The molecular weight excluding hydrogens is 198 g/mol. The molecule has 0 atom stereocenters. The molecule has 0 unspecified atom stereocenters. The van der Waals surface area contributed by atoms with E-state index in [-0.39, 0.29) is 0 Å². The van der Waals surface area contributed by atoms with Crippen molar-refractivity contribution in [1.82, 2.24) is 15.1 Å². The molecule has 1 heterocycles. The Morgan fingerprint density at radius 1 is 1.31 bits per heavy atom. The zero-order valence-electron chi connectivity index (χ0n) is 11.2. The maximum atomic E-state index is 4.48. The van der Waals surface area contributed by atoms with Crippen LogP contribution >= 0.6 is 0 Å². The van der Waals surface area contributed by atoms with Gasteiger partial charge in [-0.25, -0.2) is 0 Å². The van der Waals surface area contributed by atoms with E-state index >= 15 is 0 Å². The maximum Gasteiger partial charge on any atom is 0.0537 e. The minimum Gasteiger partial charge on any atom is -0.310 e. The molecule has 1 N–H and O–H groups in total. The number of hydrogen-bond acceptors (Lipinski definition) is 2. The van der Waals surface area contributed by atoms with Gasteiger partial charge in [-0.2, -0.15) is 5.10 Å². The van der Waals surface area contributed by atoms with Crippen molar-refractivity contribution >= 4 is 0 Å². The molecular formula is C13H25N3. The second kappa shape index (κ2) is 6.04. The highest BCUT2D eigenvalue weighted by Gasteiger charge is 2.10. The van der Waals surface area contributed by atoms with Crippen LogP contribution in [0.3, 0.4) is 0 Å². The molecule has 0 amide bonds. The highest BCUT2D eigenvalue weighted by Crippen LogP contribution is 2.11. The molecule has 0 saturated heterocycles. The van der Waals surface area contributed by atoms with E-state index in [0.29, 0.717) is 12.0 Å². The molecule has 0 aliphatic rings. The Balaban J connectivity index is 2.73. The molecule has 0 aliphatic carbocycles. The van der Waals surface area contributed by atoms with E-state index in [1.54, 1.807) is 0 Å². The van der Waals surface area contributed by atoms with Gasteiger partial charge in [0, 0.05) is 30.4 Å². The van der Waals surface area contributed by atoms with Gasteiger partial charge in [0.05, 0.1) is 6.20 Å². The van der Waals surface area contributed by atoms with E-state index in [2.05, 4.69) is 49.7 Å². The van der Waals surface area contributed by atoms with Gasteiger partial charge in [0.2, 0.25) is 0 Å². The van der Waals surface area contributed by atoms with Gasteiger partial charge in [-0.15, -0.1) is 0 Å². The van der Waals surface area contributed by atoms with Gasteiger partial charge in [0.15, 0.2) is 0 Å². The van der Waals surface area contributed by atoms with Crippen molar-refractivity contribution in [3.8, 4) is 0 Å². The molecule has 92 valence electrons. The molecule has 1 rings (SSSR count). The third kappa shape index (κ3) is 3.63. The van der Waals surface area contributed by atoms with Crippen LogP contribution in [0, 0.1) is 5.92 Å². The Hall–Kier alpha value is -0.830. The first-order valence-electron chi connectivity index (χ1n) is 6.31. The van der Waals surface area contributed by atoms with Gasteiger partial charge in [-0.1, -0.05) is 34.6 Å². The highest BCUT2D eigenvalue weighted by atomic mass is 15.3. The van der Waals surface area contributed by atoms with Crippen molar-refractivity contribution in [3.63, 3.8) is 0 Å². The fourth-order valence-electron chi connectivity index (χ4n) is 1.82. The largest absolute Gasteiger partial charge is 0.310 e. The van der Waals surface area contributed by atoms with Crippen LogP contribution in [0.4, 0.5) is 0 Å². The number of nitrogens with zero attached hydrogens (tertiary/aromatic N) is 2. The smallest absolute Gasteiger partial charge is 0.0537 e. The lowest BCUT2D eigenvalue weighted by Gasteiger charge is -2.11. The maximum absolute atomic E-state index is 4.48. The molecule has 0 fully saturated rings. The third-order valence-corrected chi connectivity index (χ3v) is 2.61. The van der Waals surface area contributed by atoms with Gasteiger partial charge < -0.3 is 5.32 Å². The van der Waals surface area contributed by atoms with Crippen molar-refractivity contribution in [2.24, 2.45) is 5.92 Å². The summed E-state index contributed by atoms with van der Waals surface area (Å²) >= 11 is 0. The van der Waals surface area contributed by atoms with Gasteiger partial charge in [0.25, 0.3) is 0 Å². The zero-order valence-corrected chi connectivity index (χ0v) is 11.2. The summed E-state index contributed by atoms with van der Waals surface area (Å²) in [6, 6.07) is 0.526. The SMILES string of the molecule is CCc1c(CNC(C)C)cnn1CC(C)C. The standard InChI is InChI=1S/C13H25N3/c1-6-13-12(7-14-11(4)5)8-15-16(13)9-10(2)3/h8,10-11,14H,6-7,9H2,1-5H3. The third-order valence-electron chi connectivity index (χ3n) is 2.61. The van der Waals surface area contributed by atoms with E-state index in [0.717, 1.165) is 19.5 Å². The van der Waals surface area contributed by atoms with Gasteiger partial charge in [-0.05, 0) is 12.3 Å². The molecule has 1 aromatic heterocycles. The predicted octanol–water partition coefficient (Wildman–Crippen LogP) is 2.60. The van der Waals surface area contributed by atoms with Crippen LogP contribution < -0.4 is 5.32 Å². The average Bonchev–Trinajstić information content (AvgIpc) is 2.56. The zero-order chi connectivity index (χ0) is 12.1. The summed E-state index contributed by atoms with van der Waals surface area (Å²) in [4.78, 5) is 0. The topological polar surface area (TPSA) is 29.9 Å². The summed E-state index contributed by atoms with van der Waals surface area (Å²) in [5.74, 6) is 0.649. The lowest BCUT2D eigenvalue weighted by atomic mass is 10.1. The Morgan fingerprint density at radius 3 is 2.50 bits per heavy atom. The normalized spacial score (nSPS) is 11.7. The van der Waals surface area contributed by atoms with Gasteiger partial charge >= 0.3 is 0 Å². The Bertz CT molecular complexity index is 313. The number of aromatic nitrogens is 2. The Kier molecular flexibility index (Phi) is 5.00. The van der Waals surface area contributed by atoms with Crippen LogP contribution in [0.15, 0.2) is 6.20 Å². The molecule has 0 aromatic carbocycles. The molecule has 3 heteroatoms. The Labute approximate surface area is 99.2 Å². The van der Waals surface area contributed by atoms with Crippen LogP contribution in [0.1, 0.15) is 45.9 Å². The van der Waals surface area contributed by atoms with Crippen molar-refractivity contribution in [1.29, 1.82) is 0 Å². The molecule has 1 aromatic rings. The molecule has 0 spiro atoms. The van der Waals surface area contributed by atoms with Crippen molar-refractivity contribution in [2.45, 2.75) is 60.2 Å². The lowest BCUT2D eigenvalue weighted by Crippen LogP contribution is -2.22. The number of nitrogens with one attached hydrogen (secondary N) is 1. The average molecular weight is 223 g/mol. The van der Waals surface area contributed by atoms with Crippen molar-refractivity contribution in [3.05, 3.63) is 17.5 Å². The minimum absolute atomic E-state index is 0.526. The fraction of sp³-hybridized carbons (Fsp3) is 0.769. The molecule has 3 nitrogen and oxygen atoms in total. The number of hydrogen-bond donors (Lipinski definition) is 1. The summed E-state index contributed by atoms with van der Waals surface area (Å²) in [6.07, 6.45) is 3.07. The fourth-order valence-corrected chi connectivity index (χ4v) is 1.82. The highest BCUT2D eigenvalue weighted by molar-refractivity contribution is 5.17. The molecule has 0 aliphatic heterocycles. The molecule has 0 bridgehead atoms. The first-order chi connectivity index (χ1) is 7.54. The summed E-state index contributed by atoms with van der Waals surface area (Å²) < 4.78 is 2.15. The predicted molar refractivity (Wildman–Crippen MR) is 68.4 cm³/mol. The number of rotatable bonds is 6. The quantitative estimate of drug-likeness (QED) is 0.803. The summed E-state index contributed by atoms with van der Waals surface area (Å²) in [6.45, 7) is 12.9. The van der Waals surface area contributed by atoms with E-state index in [1.807, 2.05) is 6.20 Å². The van der Waals surface area contributed by atoms with Crippen LogP contribution in [-0.2, 0) is 19.5 Å². The van der Waals surface area contributed by atoms with Gasteiger partial charge in [-0.3, -0.25) is 4.68 Å². The Morgan fingerprint density at radius 2 is 2.00 bits per heavy atom. The first-order valence-corrected chi connectivity index (χ1v) is 6.31. The van der Waals surface area contributed by atoms with Crippen LogP contribution in [0.25, 0.3) is 0 Å². The molecule has 16 heavy (non-hydrogen) atoms. The van der Waals surface area contributed by atoms with E-state index in [9.17, 15) is 0 Å². The van der Waals surface area contributed by atoms with Gasteiger partial charge in [0.1, 0.15) is 0 Å². The lowest BCUT2D eigenvalue weighted by molar-refractivity contribution is 0.468. The van der Waals surface area contributed by atoms with Crippen LogP contribution in [0.2, 0.25) is 0 Å². The summed E-state index contributed by atoms with van der Waals surface area (Å²) in [7, 11) is 0. The second-order valence-corrected chi connectivity index (χ2v) is 5.08. The van der Waals surface area contributed by atoms with Crippen LogP contribution in [-0.4, -0.2) is 15.8 Å². The summed E-state index contributed by atoms with van der Waals surface area (Å²) in [5, 5.41) is 7.93. The van der Waals surface area contributed by atoms with E-state index in [1.165, 1.54) is 11.3 Å². The monoisotopic (exact) mass is 223 g/mol. The van der Waals surface area contributed by atoms with E-state index < -0.39 is 0 Å². The second-order valence-electron chi connectivity index (χ2n) is 5.08. The molecule has 0 radical (unpaired) electrons. The minimum atomic E-state index is 0.526. The van der Waals surface area contributed by atoms with Crippen LogP contribution in [0.5, 0.6) is 0 Å². The molecule has 0 saturated carbocycles. The van der Waals surface area contributed by atoms with Crippen molar-refractivity contribution < 1.29 is 0 Å².